The monoisotopic (exact) mass is 458 g/mol. The zero-order valence-corrected chi connectivity index (χ0v) is 18.2. The van der Waals surface area contributed by atoms with Gasteiger partial charge in [-0.1, -0.05) is 23.2 Å². The number of aromatic nitrogens is 4. The Morgan fingerprint density at radius 2 is 2.03 bits per heavy atom. The number of phenolic OH excluding ortho intramolecular Hbond substituents is 1. The molecular weight excluding hydrogens is 439 g/mol. The second-order valence-electron chi connectivity index (χ2n) is 7.60. The van der Waals surface area contributed by atoms with Crippen molar-refractivity contribution in [1.29, 1.82) is 0 Å². The van der Waals surface area contributed by atoms with Gasteiger partial charge in [-0.15, -0.1) is 0 Å². The molecule has 1 saturated carbocycles. The normalized spacial score (nSPS) is 18.7. The molecule has 5 rings (SSSR count). The largest absolute Gasteiger partial charge is 0.506 e. The molecule has 1 aliphatic rings. The third-order valence-corrected chi connectivity index (χ3v) is 6.48. The van der Waals surface area contributed by atoms with Crippen LogP contribution in [0, 0.1) is 0 Å². The topological polar surface area (TPSA) is 111 Å². The highest BCUT2D eigenvalue weighted by atomic mass is 35.5. The van der Waals surface area contributed by atoms with Crippen molar-refractivity contribution in [3.8, 4) is 22.6 Å². The minimum Gasteiger partial charge on any atom is -0.506 e. The van der Waals surface area contributed by atoms with Crippen molar-refractivity contribution in [2.75, 3.05) is 12.4 Å². The third kappa shape index (κ3) is 3.31. The van der Waals surface area contributed by atoms with E-state index in [0.29, 0.717) is 34.1 Å². The number of nitrogens with two attached hydrogens (primary N) is 1. The second-order valence-corrected chi connectivity index (χ2v) is 8.35. The summed E-state index contributed by atoms with van der Waals surface area (Å²) in [6.45, 7) is 0. The van der Waals surface area contributed by atoms with Gasteiger partial charge in [-0.2, -0.15) is 4.98 Å². The molecule has 0 aliphatic heterocycles. The lowest BCUT2D eigenvalue weighted by Crippen LogP contribution is -2.35. The summed E-state index contributed by atoms with van der Waals surface area (Å²) in [5.74, 6) is 0.700. The molecule has 0 radical (unpaired) electrons. The van der Waals surface area contributed by atoms with Gasteiger partial charge in [0.25, 0.3) is 0 Å². The van der Waals surface area contributed by atoms with Crippen LogP contribution in [0.2, 0.25) is 10.0 Å². The van der Waals surface area contributed by atoms with Gasteiger partial charge in [0.15, 0.2) is 5.65 Å². The predicted molar refractivity (Wildman–Crippen MR) is 121 cm³/mol. The van der Waals surface area contributed by atoms with Crippen molar-refractivity contribution < 1.29 is 9.84 Å². The molecule has 0 saturated heterocycles. The number of imidazole rings is 1. The van der Waals surface area contributed by atoms with E-state index in [-0.39, 0.29) is 27.9 Å². The van der Waals surface area contributed by atoms with Crippen LogP contribution in [0.5, 0.6) is 11.5 Å². The molecule has 0 spiro atoms. The molecule has 2 unspecified atom stereocenters. The number of fused-ring (bicyclic) bond motifs is 3. The zero-order chi connectivity index (χ0) is 21.7. The van der Waals surface area contributed by atoms with Gasteiger partial charge < -0.3 is 20.9 Å². The first-order chi connectivity index (χ1) is 15.0. The molecule has 0 amide bonds. The number of hydrogen-bond acceptors (Lipinski definition) is 7. The fourth-order valence-electron chi connectivity index (χ4n) is 4.14. The predicted octanol–water partition coefficient (Wildman–Crippen LogP) is 4.26. The minimum absolute atomic E-state index is 0.0972. The van der Waals surface area contributed by atoms with Crippen LogP contribution in [-0.2, 0) is 0 Å². The fourth-order valence-corrected chi connectivity index (χ4v) is 4.77. The molecule has 10 heteroatoms. The Kier molecular flexibility index (Phi) is 5.00. The number of anilines is 1. The van der Waals surface area contributed by atoms with E-state index in [4.69, 9.17) is 38.7 Å². The number of benzene rings is 1. The number of pyridine rings is 1. The van der Waals surface area contributed by atoms with Crippen molar-refractivity contribution in [3.63, 3.8) is 0 Å². The number of hydrogen-bond donors (Lipinski definition) is 3. The van der Waals surface area contributed by atoms with Crippen LogP contribution in [0.25, 0.3) is 27.8 Å². The first-order valence-electron chi connectivity index (χ1n) is 9.88. The summed E-state index contributed by atoms with van der Waals surface area (Å²) < 4.78 is 7.13. The maximum atomic E-state index is 10.3. The summed E-state index contributed by atoms with van der Waals surface area (Å²) in [5, 5.41) is 14.8. The van der Waals surface area contributed by atoms with Crippen LogP contribution >= 0.6 is 23.2 Å². The smallest absolute Gasteiger partial charge is 0.224 e. The van der Waals surface area contributed by atoms with E-state index in [2.05, 4.69) is 15.3 Å². The highest BCUT2D eigenvalue weighted by Crippen LogP contribution is 2.47. The third-order valence-electron chi connectivity index (χ3n) is 5.73. The summed E-state index contributed by atoms with van der Waals surface area (Å²) in [7, 11) is 1.47. The molecule has 8 nitrogen and oxygen atoms in total. The van der Waals surface area contributed by atoms with Crippen molar-refractivity contribution >= 4 is 45.8 Å². The van der Waals surface area contributed by atoms with Gasteiger partial charge in [-0.25, -0.2) is 9.97 Å². The number of aromatic hydroxyl groups is 1. The van der Waals surface area contributed by atoms with Gasteiger partial charge in [0.2, 0.25) is 5.95 Å². The number of nitrogens with zero attached hydrogens (tertiary/aromatic N) is 4. The van der Waals surface area contributed by atoms with E-state index in [1.165, 1.54) is 13.2 Å². The maximum absolute atomic E-state index is 10.3. The molecule has 3 heterocycles. The van der Waals surface area contributed by atoms with Gasteiger partial charge in [0, 0.05) is 53.3 Å². The average Bonchev–Trinajstić information content (AvgIpc) is 3.41. The Morgan fingerprint density at radius 3 is 2.77 bits per heavy atom. The van der Waals surface area contributed by atoms with Crippen molar-refractivity contribution in [2.24, 2.45) is 5.73 Å². The molecule has 1 aromatic carbocycles. The molecule has 4 aromatic rings. The molecule has 3 aromatic heterocycles. The highest BCUT2D eigenvalue weighted by Gasteiger charge is 2.25. The summed E-state index contributed by atoms with van der Waals surface area (Å²) >= 11 is 13.0. The van der Waals surface area contributed by atoms with Crippen LogP contribution in [0.4, 0.5) is 5.95 Å². The summed E-state index contributed by atoms with van der Waals surface area (Å²) in [4.78, 5) is 13.7. The van der Waals surface area contributed by atoms with Gasteiger partial charge in [-0.3, -0.25) is 4.40 Å². The summed E-state index contributed by atoms with van der Waals surface area (Å²) in [5.41, 5.74) is 8.50. The second kappa shape index (κ2) is 7.71. The van der Waals surface area contributed by atoms with Crippen molar-refractivity contribution in [3.05, 3.63) is 40.8 Å². The van der Waals surface area contributed by atoms with Crippen LogP contribution in [-0.4, -0.2) is 43.7 Å². The van der Waals surface area contributed by atoms with Crippen molar-refractivity contribution in [1.82, 2.24) is 19.4 Å². The number of ether oxygens (including phenoxy) is 1. The molecule has 1 fully saturated rings. The summed E-state index contributed by atoms with van der Waals surface area (Å²) in [6, 6.07) is 3.49. The lowest BCUT2D eigenvalue weighted by molar-refractivity contribution is 0.408. The molecule has 2 atom stereocenters. The first kappa shape index (κ1) is 20.1. The van der Waals surface area contributed by atoms with Crippen LogP contribution < -0.4 is 15.8 Å². The van der Waals surface area contributed by atoms with Gasteiger partial charge in [-0.05, 0) is 25.3 Å². The Hall–Kier alpha value is -2.81. The van der Waals surface area contributed by atoms with Gasteiger partial charge >= 0.3 is 0 Å². The quantitative estimate of drug-likeness (QED) is 0.418. The molecule has 160 valence electrons. The van der Waals surface area contributed by atoms with E-state index in [1.54, 1.807) is 18.6 Å². The Labute approximate surface area is 188 Å². The lowest BCUT2D eigenvalue weighted by Gasteiger charge is -2.18. The van der Waals surface area contributed by atoms with Crippen LogP contribution in [0.1, 0.15) is 19.3 Å². The Bertz CT molecular complexity index is 1310. The molecular formula is C21H20Cl2N6O2. The highest BCUT2D eigenvalue weighted by molar-refractivity contribution is 6.41. The van der Waals surface area contributed by atoms with Gasteiger partial charge in [0.05, 0.1) is 17.2 Å². The lowest BCUT2D eigenvalue weighted by atomic mass is 10.0. The van der Waals surface area contributed by atoms with Crippen LogP contribution in [0.15, 0.2) is 30.7 Å². The van der Waals surface area contributed by atoms with Gasteiger partial charge in [0.1, 0.15) is 17.1 Å². The number of halogens is 2. The fraction of sp³-hybridized carbons (Fsp3) is 0.286. The molecule has 0 bridgehead atoms. The molecule has 31 heavy (non-hydrogen) atoms. The van der Waals surface area contributed by atoms with E-state index in [1.807, 2.05) is 10.5 Å². The van der Waals surface area contributed by atoms with Crippen molar-refractivity contribution in [2.45, 2.75) is 31.3 Å². The number of methoxy groups -OCH3 is 1. The summed E-state index contributed by atoms with van der Waals surface area (Å²) in [6.07, 6.45) is 8.29. The number of rotatable bonds is 4. The minimum atomic E-state index is -0.133. The van der Waals surface area contributed by atoms with Crippen LogP contribution in [0.3, 0.4) is 0 Å². The average molecular weight is 459 g/mol. The van der Waals surface area contributed by atoms with E-state index < -0.39 is 0 Å². The number of phenols is 1. The Morgan fingerprint density at radius 1 is 1.19 bits per heavy atom. The van der Waals surface area contributed by atoms with E-state index in [9.17, 15) is 5.11 Å². The first-order valence-corrected chi connectivity index (χ1v) is 10.6. The maximum Gasteiger partial charge on any atom is 0.224 e. The Balaban J connectivity index is 1.69. The molecule has 4 N–H and O–H groups in total. The van der Waals surface area contributed by atoms with E-state index >= 15 is 0 Å². The standard InChI is InChI=1S/C21H20Cl2N6O2/c1-31-15-8-14(30)17(22)16(18(15)23)11-7-10-9-26-21(27-13-4-2-3-12(13)24)28-19(10)29-6-5-25-20(11)29/h5-9,12-13,30H,2-4,24H2,1H3,(H,26,27,28). The SMILES string of the molecule is COc1cc(O)c(Cl)c(-c2cc3cnc(NC4CCCC4N)nc3n3ccnc23)c1Cl. The van der Waals surface area contributed by atoms with E-state index in [0.717, 1.165) is 24.6 Å². The number of nitrogens with one attached hydrogen (secondary N) is 1. The zero-order valence-electron chi connectivity index (χ0n) is 16.6. The molecule has 1 aliphatic carbocycles.